The number of methoxy groups -OCH3 is 2. The second-order valence-electron chi connectivity index (χ2n) is 8.90. The van der Waals surface area contributed by atoms with Crippen molar-refractivity contribution in [1.29, 1.82) is 0 Å². The topological polar surface area (TPSA) is 88.1 Å². The van der Waals surface area contributed by atoms with Crippen LogP contribution in [0, 0.1) is 0 Å². The molecule has 1 unspecified atom stereocenters. The summed E-state index contributed by atoms with van der Waals surface area (Å²) in [6, 6.07) is 14.6. The van der Waals surface area contributed by atoms with Gasteiger partial charge in [-0.3, -0.25) is 14.5 Å². The summed E-state index contributed by atoms with van der Waals surface area (Å²) >= 11 is 1.50. The van der Waals surface area contributed by atoms with Gasteiger partial charge in [-0.2, -0.15) is 0 Å². The lowest BCUT2D eigenvalue weighted by atomic mass is 9.94. The average Bonchev–Trinajstić information content (AvgIpc) is 3.41. The maximum Gasteiger partial charge on any atom is 0.248 e. The van der Waals surface area contributed by atoms with Gasteiger partial charge in [-0.05, 0) is 54.1 Å². The molecule has 0 aliphatic heterocycles. The van der Waals surface area contributed by atoms with E-state index in [-0.39, 0.29) is 30.0 Å². The lowest BCUT2D eigenvalue weighted by Gasteiger charge is -2.33. The van der Waals surface area contributed by atoms with Gasteiger partial charge >= 0.3 is 0 Å². The van der Waals surface area contributed by atoms with Crippen LogP contribution >= 0.6 is 11.3 Å². The number of nitrogens with zero attached hydrogens (tertiary/aromatic N) is 1. The van der Waals surface area contributed by atoms with Crippen molar-refractivity contribution >= 4 is 28.8 Å². The molecule has 2 aromatic carbocycles. The van der Waals surface area contributed by atoms with Crippen LogP contribution in [0.4, 0.5) is 5.69 Å². The normalized spacial score (nSPS) is 14.6. The van der Waals surface area contributed by atoms with Gasteiger partial charge in [0.1, 0.15) is 11.8 Å². The van der Waals surface area contributed by atoms with Gasteiger partial charge in [-0.25, -0.2) is 0 Å². The van der Waals surface area contributed by atoms with Gasteiger partial charge in [0.15, 0.2) is 11.5 Å². The Morgan fingerprint density at radius 3 is 2.39 bits per heavy atom. The number of hydrogen-bond donors (Lipinski definition) is 2. The van der Waals surface area contributed by atoms with Crippen molar-refractivity contribution in [2.75, 3.05) is 19.1 Å². The number of carbonyl (C=O) groups is 2. The van der Waals surface area contributed by atoms with Crippen LogP contribution in [-0.2, 0) is 16.0 Å². The van der Waals surface area contributed by atoms with E-state index in [0.717, 1.165) is 30.6 Å². The fourth-order valence-electron chi connectivity index (χ4n) is 4.66. The monoisotopic (exact) mass is 508 g/mol. The molecule has 1 aliphatic rings. The van der Waals surface area contributed by atoms with E-state index in [4.69, 9.17) is 9.47 Å². The third kappa shape index (κ3) is 5.99. The molecule has 3 aromatic rings. The molecule has 0 spiro atoms. The maximum atomic E-state index is 13.9. The molecule has 1 saturated carbocycles. The Labute approximate surface area is 215 Å². The first-order valence-corrected chi connectivity index (χ1v) is 13.0. The van der Waals surface area contributed by atoms with Crippen LogP contribution in [0.2, 0.25) is 0 Å². The minimum Gasteiger partial charge on any atom is -0.508 e. The van der Waals surface area contributed by atoms with Crippen molar-refractivity contribution in [2.45, 2.75) is 50.6 Å². The highest BCUT2D eigenvalue weighted by Gasteiger charge is 2.34. The Morgan fingerprint density at radius 2 is 1.75 bits per heavy atom. The number of anilines is 1. The second kappa shape index (κ2) is 11.9. The first kappa shape index (κ1) is 25.6. The highest BCUT2D eigenvalue weighted by atomic mass is 32.1. The number of benzene rings is 2. The second-order valence-corrected chi connectivity index (χ2v) is 9.93. The summed E-state index contributed by atoms with van der Waals surface area (Å²) in [4.78, 5) is 30.2. The third-order valence-corrected chi connectivity index (χ3v) is 7.36. The van der Waals surface area contributed by atoms with Crippen molar-refractivity contribution in [3.8, 4) is 17.2 Å². The molecule has 1 aromatic heterocycles. The van der Waals surface area contributed by atoms with E-state index in [2.05, 4.69) is 5.32 Å². The minimum absolute atomic E-state index is 0.0746. The first-order valence-electron chi connectivity index (χ1n) is 12.2. The van der Waals surface area contributed by atoms with Crippen LogP contribution in [0.3, 0.4) is 0 Å². The van der Waals surface area contributed by atoms with Crippen molar-refractivity contribution in [1.82, 2.24) is 5.32 Å². The Morgan fingerprint density at radius 1 is 1.03 bits per heavy atom. The molecule has 8 heteroatoms. The zero-order valence-corrected chi connectivity index (χ0v) is 21.4. The van der Waals surface area contributed by atoms with E-state index < -0.39 is 6.04 Å². The van der Waals surface area contributed by atoms with E-state index in [0.29, 0.717) is 22.7 Å². The summed E-state index contributed by atoms with van der Waals surface area (Å²) in [5.41, 5.74) is 1.13. The summed E-state index contributed by atoms with van der Waals surface area (Å²) in [5.74, 6) is 0.608. The molecule has 4 rings (SSSR count). The number of phenols is 1. The zero-order chi connectivity index (χ0) is 25.5. The third-order valence-electron chi connectivity index (χ3n) is 6.49. The molecular formula is C28H32N2O5S. The standard InChI is InChI=1S/C28H32N2O5S/c1-34-24-15-12-21(17-25(24)35-2)30(26(32)18-23-9-6-16-36-23)27(19-10-13-22(31)14-11-19)28(33)29-20-7-4-3-5-8-20/h6,9-17,20,27,31H,3-5,7-8,18H2,1-2H3,(H,29,33). The van der Waals surface area contributed by atoms with Gasteiger partial charge in [0.25, 0.3) is 0 Å². The van der Waals surface area contributed by atoms with Crippen molar-refractivity contribution in [2.24, 2.45) is 0 Å². The fourth-order valence-corrected chi connectivity index (χ4v) is 5.36. The molecule has 36 heavy (non-hydrogen) atoms. The van der Waals surface area contributed by atoms with Crippen LogP contribution in [-0.4, -0.2) is 37.2 Å². The van der Waals surface area contributed by atoms with Crippen LogP contribution in [0.5, 0.6) is 17.2 Å². The Hall–Kier alpha value is -3.52. The molecule has 190 valence electrons. The summed E-state index contributed by atoms with van der Waals surface area (Å²) in [6.07, 6.45) is 5.32. The number of hydrogen-bond acceptors (Lipinski definition) is 6. The number of ether oxygens (including phenoxy) is 2. The lowest BCUT2D eigenvalue weighted by molar-refractivity contribution is -0.127. The van der Waals surface area contributed by atoms with E-state index in [1.807, 2.05) is 17.5 Å². The predicted molar refractivity (Wildman–Crippen MR) is 141 cm³/mol. The molecule has 2 N–H and O–H groups in total. The molecule has 0 radical (unpaired) electrons. The van der Waals surface area contributed by atoms with Gasteiger partial charge < -0.3 is 19.9 Å². The van der Waals surface area contributed by atoms with Crippen molar-refractivity contribution < 1.29 is 24.2 Å². The average molecular weight is 509 g/mol. The van der Waals surface area contributed by atoms with E-state index in [1.165, 1.54) is 41.9 Å². The number of nitrogens with one attached hydrogen (secondary N) is 1. The molecule has 2 amide bonds. The van der Waals surface area contributed by atoms with E-state index >= 15 is 0 Å². The molecule has 1 heterocycles. The van der Waals surface area contributed by atoms with E-state index in [1.54, 1.807) is 37.4 Å². The van der Waals surface area contributed by atoms with Crippen LogP contribution in [0.25, 0.3) is 0 Å². The predicted octanol–water partition coefficient (Wildman–Crippen LogP) is 5.24. The van der Waals surface area contributed by atoms with Crippen LogP contribution < -0.4 is 19.7 Å². The number of carbonyl (C=O) groups excluding carboxylic acids is 2. The molecule has 7 nitrogen and oxygen atoms in total. The van der Waals surface area contributed by atoms with Gasteiger partial charge in [-0.1, -0.05) is 37.5 Å². The maximum absolute atomic E-state index is 13.9. The number of aromatic hydroxyl groups is 1. The summed E-state index contributed by atoms with van der Waals surface area (Å²) in [5, 5.41) is 15.0. The molecule has 1 aliphatic carbocycles. The molecular weight excluding hydrogens is 476 g/mol. The number of phenolic OH excluding ortho intramolecular Hbond substituents is 1. The van der Waals surface area contributed by atoms with Gasteiger partial charge in [-0.15, -0.1) is 11.3 Å². The highest BCUT2D eigenvalue weighted by Crippen LogP contribution is 2.36. The zero-order valence-electron chi connectivity index (χ0n) is 20.6. The highest BCUT2D eigenvalue weighted by molar-refractivity contribution is 7.10. The molecule has 0 bridgehead atoms. The molecule has 0 saturated heterocycles. The van der Waals surface area contributed by atoms with Crippen LogP contribution in [0.15, 0.2) is 60.0 Å². The van der Waals surface area contributed by atoms with Gasteiger partial charge in [0.05, 0.1) is 20.6 Å². The van der Waals surface area contributed by atoms with Gasteiger partial charge in [0, 0.05) is 22.7 Å². The summed E-state index contributed by atoms with van der Waals surface area (Å²) in [6.45, 7) is 0. The number of amides is 2. The largest absolute Gasteiger partial charge is 0.508 e. The van der Waals surface area contributed by atoms with Crippen molar-refractivity contribution in [3.05, 3.63) is 70.4 Å². The summed E-state index contributed by atoms with van der Waals surface area (Å²) < 4.78 is 10.9. The fraction of sp³-hybridized carbons (Fsp3) is 0.357. The summed E-state index contributed by atoms with van der Waals surface area (Å²) in [7, 11) is 3.08. The van der Waals surface area contributed by atoms with Gasteiger partial charge in [0.2, 0.25) is 11.8 Å². The quantitative estimate of drug-likeness (QED) is 0.413. The molecule has 1 atom stereocenters. The first-order chi connectivity index (χ1) is 17.5. The minimum atomic E-state index is -0.932. The Bertz CT molecular complexity index is 1160. The smallest absolute Gasteiger partial charge is 0.248 e. The molecule has 1 fully saturated rings. The SMILES string of the molecule is COc1ccc(N(C(=O)Cc2cccs2)C(C(=O)NC2CCCCC2)c2ccc(O)cc2)cc1OC. The number of rotatable bonds is 9. The van der Waals surface area contributed by atoms with Crippen molar-refractivity contribution in [3.63, 3.8) is 0 Å². The number of thiophene rings is 1. The Balaban J connectivity index is 1.78. The Kier molecular flexibility index (Phi) is 8.48. The lowest BCUT2D eigenvalue weighted by Crippen LogP contribution is -2.47. The van der Waals surface area contributed by atoms with Crippen LogP contribution in [0.1, 0.15) is 48.6 Å². The van der Waals surface area contributed by atoms with E-state index in [9.17, 15) is 14.7 Å².